The van der Waals surface area contributed by atoms with Crippen LogP contribution >= 0.6 is 0 Å². The van der Waals surface area contributed by atoms with Crippen LogP contribution in [-0.4, -0.2) is 34.4 Å². The summed E-state index contributed by atoms with van der Waals surface area (Å²) < 4.78 is 0. The van der Waals surface area contributed by atoms with Crippen molar-refractivity contribution in [2.24, 2.45) is 10.9 Å². The molecule has 1 aromatic carbocycles. The molecule has 0 saturated heterocycles. The van der Waals surface area contributed by atoms with Gasteiger partial charge in [-0.1, -0.05) is 35.7 Å². The molecule has 108 valence electrons. The van der Waals surface area contributed by atoms with E-state index in [1.54, 1.807) is 4.90 Å². The Morgan fingerprint density at radius 1 is 1.45 bits per heavy atom. The number of oxime groups is 1. The van der Waals surface area contributed by atoms with E-state index in [9.17, 15) is 4.79 Å². The Kier molecular flexibility index (Phi) is 4.61. The molecule has 5 heteroatoms. The Bertz CT molecular complexity index is 508. The summed E-state index contributed by atoms with van der Waals surface area (Å²) in [4.78, 5) is 14.4. The molecule has 0 unspecified atom stereocenters. The topological polar surface area (TPSA) is 78.9 Å². The van der Waals surface area contributed by atoms with Gasteiger partial charge in [-0.3, -0.25) is 4.79 Å². The molecule has 0 aliphatic heterocycles. The number of benzene rings is 1. The van der Waals surface area contributed by atoms with Crippen molar-refractivity contribution in [1.82, 2.24) is 4.90 Å². The molecule has 1 saturated carbocycles. The van der Waals surface area contributed by atoms with Crippen molar-refractivity contribution in [3.05, 3.63) is 35.4 Å². The molecule has 1 aliphatic rings. The van der Waals surface area contributed by atoms with Crippen molar-refractivity contribution in [2.45, 2.75) is 38.6 Å². The van der Waals surface area contributed by atoms with Crippen molar-refractivity contribution in [2.75, 3.05) is 6.54 Å². The second-order valence-electron chi connectivity index (χ2n) is 5.33. The minimum absolute atomic E-state index is 0.0489. The second-order valence-corrected chi connectivity index (χ2v) is 5.33. The van der Waals surface area contributed by atoms with Crippen molar-refractivity contribution >= 4 is 11.7 Å². The monoisotopic (exact) mass is 275 g/mol. The van der Waals surface area contributed by atoms with Gasteiger partial charge in [0.15, 0.2) is 5.84 Å². The van der Waals surface area contributed by atoms with E-state index in [-0.39, 0.29) is 24.3 Å². The van der Waals surface area contributed by atoms with Gasteiger partial charge in [0.2, 0.25) is 0 Å². The summed E-state index contributed by atoms with van der Waals surface area (Å²) in [5.41, 5.74) is 7.30. The number of carbonyl (C=O) groups excluding carboxylic acids is 1. The van der Waals surface area contributed by atoms with Crippen molar-refractivity contribution in [3.8, 4) is 0 Å². The lowest BCUT2D eigenvalue weighted by Gasteiger charge is -2.28. The molecule has 0 spiro atoms. The third-order valence-corrected chi connectivity index (χ3v) is 3.75. The highest BCUT2D eigenvalue weighted by molar-refractivity contribution is 5.97. The number of hydrogen-bond acceptors (Lipinski definition) is 3. The largest absolute Gasteiger partial charge is 0.409 e. The van der Waals surface area contributed by atoms with E-state index < -0.39 is 0 Å². The van der Waals surface area contributed by atoms with Gasteiger partial charge in [-0.05, 0) is 31.9 Å². The predicted octanol–water partition coefficient (Wildman–Crippen LogP) is 2.13. The maximum Gasteiger partial charge on any atom is 0.254 e. The maximum atomic E-state index is 12.7. The van der Waals surface area contributed by atoms with E-state index in [1.807, 2.05) is 31.2 Å². The van der Waals surface area contributed by atoms with Crippen LogP contribution in [0, 0.1) is 6.92 Å². The van der Waals surface area contributed by atoms with Crippen molar-refractivity contribution in [1.29, 1.82) is 0 Å². The summed E-state index contributed by atoms with van der Waals surface area (Å²) in [5, 5.41) is 11.7. The molecule has 0 heterocycles. The first-order valence-electron chi connectivity index (χ1n) is 6.96. The SMILES string of the molecule is Cc1cccc(C(=O)N(CC(N)=NO)C2CCCC2)c1. The molecule has 0 aromatic heterocycles. The molecule has 0 radical (unpaired) electrons. The number of nitrogens with zero attached hydrogens (tertiary/aromatic N) is 2. The van der Waals surface area contributed by atoms with Gasteiger partial charge in [-0.25, -0.2) is 0 Å². The summed E-state index contributed by atoms with van der Waals surface area (Å²) in [6, 6.07) is 7.70. The second kappa shape index (κ2) is 6.41. The average Bonchev–Trinajstić information content (AvgIpc) is 2.97. The summed E-state index contributed by atoms with van der Waals surface area (Å²) in [5.74, 6) is 0.0186. The first-order valence-corrected chi connectivity index (χ1v) is 6.96. The standard InChI is InChI=1S/C15H21N3O2/c1-11-5-4-6-12(9-11)15(19)18(10-14(16)17-20)13-7-2-3-8-13/h4-6,9,13,20H,2-3,7-8,10H2,1H3,(H2,16,17). The van der Waals surface area contributed by atoms with Gasteiger partial charge in [0.1, 0.15) is 0 Å². The molecule has 1 fully saturated rings. The van der Waals surface area contributed by atoms with Gasteiger partial charge in [0.25, 0.3) is 5.91 Å². The lowest BCUT2D eigenvalue weighted by Crippen LogP contribution is -2.44. The molecule has 0 bridgehead atoms. The summed E-state index contributed by atoms with van der Waals surface area (Å²) in [7, 11) is 0. The normalized spacial score (nSPS) is 16.4. The number of aryl methyl sites for hydroxylation is 1. The van der Waals surface area contributed by atoms with Crippen LogP contribution in [0.15, 0.2) is 29.4 Å². The average molecular weight is 275 g/mol. The Morgan fingerprint density at radius 3 is 2.75 bits per heavy atom. The third kappa shape index (κ3) is 3.29. The van der Waals surface area contributed by atoms with Gasteiger partial charge in [-0.2, -0.15) is 0 Å². The maximum absolute atomic E-state index is 12.7. The number of rotatable bonds is 4. The van der Waals surface area contributed by atoms with Gasteiger partial charge < -0.3 is 15.8 Å². The van der Waals surface area contributed by atoms with Crippen LogP contribution in [0.25, 0.3) is 0 Å². The van der Waals surface area contributed by atoms with Crippen LogP contribution < -0.4 is 5.73 Å². The van der Waals surface area contributed by atoms with Gasteiger partial charge in [0, 0.05) is 11.6 Å². The van der Waals surface area contributed by atoms with E-state index in [4.69, 9.17) is 10.9 Å². The van der Waals surface area contributed by atoms with Crippen molar-refractivity contribution in [3.63, 3.8) is 0 Å². The Hall–Kier alpha value is -2.04. The van der Waals surface area contributed by atoms with Crippen LogP contribution in [0.1, 0.15) is 41.6 Å². The predicted molar refractivity (Wildman–Crippen MR) is 77.9 cm³/mol. The fourth-order valence-corrected chi connectivity index (χ4v) is 2.73. The highest BCUT2D eigenvalue weighted by Crippen LogP contribution is 2.25. The number of amidine groups is 1. The molecule has 1 aliphatic carbocycles. The minimum Gasteiger partial charge on any atom is -0.409 e. The summed E-state index contributed by atoms with van der Waals surface area (Å²) in [6.07, 6.45) is 4.21. The zero-order valence-corrected chi connectivity index (χ0v) is 11.7. The Morgan fingerprint density at radius 2 is 2.15 bits per heavy atom. The third-order valence-electron chi connectivity index (χ3n) is 3.75. The van der Waals surface area contributed by atoms with Crippen LogP contribution in [0.3, 0.4) is 0 Å². The molecular weight excluding hydrogens is 254 g/mol. The van der Waals surface area contributed by atoms with Gasteiger partial charge >= 0.3 is 0 Å². The van der Waals surface area contributed by atoms with E-state index >= 15 is 0 Å². The number of amides is 1. The number of carbonyl (C=O) groups is 1. The zero-order chi connectivity index (χ0) is 14.5. The smallest absolute Gasteiger partial charge is 0.254 e. The summed E-state index contributed by atoms with van der Waals surface area (Å²) >= 11 is 0. The first-order chi connectivity index (χ1) is 9.61. The molecule has 2 rings (SSSR count). The van der Waals surface area contributed by atoms with E-state index in [1.165, 1.54) is 0 Å². The highest BCUT2D eigenvalue weighted by Gasteiger charge is 2.28. The minimum atomic E-state index is -0.0489. The number of hydrogen-bond donors (Lipinski definition) is 2. The van der Waals surface area contributed by atoms with Crippen LogP contribution in [0.2, 0.25) is 0 Å². The Balaban J connectivity index is 2.23. The fraction of sp³-hybridized carbons (Fsp3) is 0.467. The number of nitrogens with two attached hydrogens (primary N) is 1. The van der Waals surface area contributed by atoms with E-state index in [0.29, 0.717) is 5.56 Å². The van der Waals surface area contributed by atoms with Gasteiger partial charge in [0.05, 0.1) is 6.54 Å². The summed E-state index contributed by atoms with van der Waals surface area (Å²) in [6.45, 7) is 2.13. The quantitative estimate of drug-likeness (QED) is 0.382. The highest BCUT2D eigenvalue weighted by atomic mass is 16.4. The fourth-order valence-electron chi connectivity index (χ4n) is 2.73. The Labute approximate surface area is 119 Å². The van der Waals surface area contributed by atoms with Gasteiger partial charge in [-0.15, -0.1) is 0 Å². The molecule has 0 atom stereocenters. The van der Waals surface area contributed by atoms with Crippen LogP contribution in [0.4, 0.5) is 0 Å². The zero-order valence-electron chi connectivity index (χ0n) is 11.7. The molecule has 20 heavy (non-hydrogen) atoms. The molecule has 3 N–H and O–H groups in total. The van der Waals surface area contributed by atoms with Crippen LogP contribution in [0.5, 0.6) is 0 Å². The first kappa shape index (κ1) is 14.4. The lowest BCUT2D eigenvalue weighted by atomic mass is 10.1. The molecule has 5 nitrogen and oxygen atoms in total. The molecular formula is C15H21N3O2. The molecule has 1 aromatic rings. The molecule has 1 amide bonds. The van der Waals surface area contributed by atoms with E-state index in [2.05, 4.69) is 5.16 Å². The van der Waals surface area contributed by atoms with Crippen molar-refractivity contribution < 1.29 is 10.0 Å². The van der Waals surface area contributed by atoms with Crippen LogP contribution in [-0.2, 0) is 0 Å². The van der Waals surface area contributed by atoms with E-state index in [0.717, 1.165) is 31.2 Å². The lowest BCUT2D eigenvalue weighted by molar-refractivity contribution is 0.0712.